The largest absolute Gasteiger partial charge is 0.354 e. The van der Waals surface area contributed by atoms with Gasteiger partial charge in [-0.1, -0.05) is 17.7 Å². The zero-order chi connectivity index (χ0) is 15.6. The molecule has 1 aliphatic heterocycles. The van der Waals surface area contributed by atoms with E-state index in [1.807, 2.05) is 13.1 Å². The fourth-order valence-corrected chi connectivity index (χ4v) is 2.97. The minimum atomic E-state index is -0.518. The molecule has 1 saturated heterocycles. The van der Waals surface area contributed by atoms with Crippen molar-refractivity contribution in [1.82, 2.24) is 10.2 Å². The number of rotatable bonds is 4. The van der Waals surface area contributed by atoms with Gasteiger partial charge in [0.15, 0.2) is 0 Å². The van der Waals surface area contributed by atoms with Crippen molar-refractivity contribution in [2.45, 2.75) is 25.4 Å². The van der Waals surface area contributed by atoms with Crippen molar-refractivity contribution in [2.24, 2.45) is 11.7 Å². The standard InChI is InChI=1S/C15H21ClFN3O/c1-9(18)15(21)19-8-11-5-6-20(2)14(11)10-3-4-12(16)13(17)7-10/h3-4,7,9,11,14H,5-6,8,18H2,1-2H3,(H,19,21). The monoisotopic (exact) mass is 313 g/mol. The van der Waals surface area contributed by atoms with Crippen LogP contribution in [0.15, 0.2) is 18.2 Å². The number of hydrogen-bond acceptors (Lipinski definition) is 3. The van der Waals surface area contributed by atoms with Gasteiger partial charge >= 0.3 is 0 Å². The maximum absolute atomic E-state index is 13.7. The SMILES string of the molecule is CC(N)C(=O)NCC1CCN(C)C1c1ccc(Cl)c(F)c1. The lowest BCUT2D eigenvalue weighted by molar-refractivity contribution is -0.122. The second-order valence-electron chi connectivity index (χ2n) is 5.68. The number of nitrogens with two attached hydrogens (primary N) is 1. The summed E-state index contributed by atoms with van der Waals surface area (Å²) in [5, 5.41) is 2.99. The van der Waals surface area contributed by atoms with Gasteiger partial charge in [-0.15, -0.1) is 0 Å². The van der Waals surface area contributed by atoms with Gasteiger partial charge in [0.25, 0.3) is 0 Å². The molecule has 3 atom stereocenters. The van der Waals surface area contributed by atoms with Crippen molar-refractivity contribution in [3.63, 3.8) is 0 Å². The van der Waals surface area contributed by atoms with Crippen LogP contribution in [0.25, 0.3) is 0 Å². The van der Waals surface area contributed by atoms with Gasteiger partial charge in [-0.2, -0.15) is 0 Å². The Morgan fingerprint density at radius 2 is 2.33 bits per heavy atom. The Balaban J connectivity index is 2.11. The van der Waals surface area contributed by atoms with Gasteiger partial charge in [-0.3, -0.25) is 9.69 Å². The van der Waals surface area contributed by atoms with Gasteiger partial charge in [0.05, 0.1) is 11.1 Å². The lowest BCUT2D eigenvalue weighted by Crippen LogP contribution is -2.41. The fraction of sp³-hybridized carbons (Fsp3) is 0.533. The Morgan fingerprint density at radius 1 is 1.62 bits per heavy atom. The van der Waals surface area contributed by atoms with E-state index in [0.717, 1.165) is 18.5 Å². The van der Waals surface area contributed by atoms with Crippen molar-refractivity contribution in [2.75, 3.05) is 20.1 Å². The lowest BCUT2D eigenvalue weighted by Gasteiger charge is -2.26. The van der Waals surface area contributed by atoms with E-state index in [0.29, 0.717) is 6.54 Å². The highest BCUT2D eigenvalue weighted by molar-refractivity contribution is 6.30. The zero-order valence-electron chi connectivity index (χ0n) is 12.3. The Kier molecular flexibility index (Phi) is 5.19. The molecule has 1 aromatic carbocycles. The molecule has 2 rings (SSSR count). The predicted molar refractivity (Wildman–Crippen MR) is 81.5 cm³/mol. The quantitative estimate of drug-likeness (QED) is 0.893. The highest BCUT2D eigenvalue weighted by atomic mass is 35.5. The van der Waals surface area contributed by atoms with Crippen molar-refractivity contribution in [3.05, 3.63) is 34.6 Å². The summed E-state index contributed by atoms with van der Waals surface area (Å²) in [6.07, 6.45) is 0.949. The minimum absolute atomic E-state index is 0.0742. The minimum Gasteiger partial charge on any atom is -0.354 e. The van der Waals surface area contributed by atoms with E-state index in [1.54, 1.807) is 13.0 Å². The molecule has 0 bridgehead atoms. The highest BCUT2D eigenvalue weighted by Gasteiger charge is 2.33. The summed E-state index contributed by atoms with van der Waals surface area (Å²) in [5.41, 5.74) is 6.43. The highest BCUT2D eigenvalue weighted by Crippen LogP contribution is 2.36. The van der Waals surface area contributed by atoms with Crippen LogP contribution in [0.1, 0.15) is 24.9 Å². The van der Waals surface area contributed by atoms with Gasteiger partial charge in [-0.05, 0) is 50.6 Å². The molecule has 0 aromatic heterocycles. The molecule has 4 nitrogen and oxygen atoms in total. The summed E-state index contributed by atoms with van der Waals surface area (Å²) in [7, 11) is 2.00. The molecule has 1 amide bonds. The first-order valence-electron chi connectivity index (χ1n) is 7.08. The summed E-state index contributed by atoms with van der Waals surface area (Å²) >= 11 is 5.74. The third-order valence-electron chi connectivity index (χ3n) is 4.01. The first-order valence-corrected chi connectivity index (χ1v) is 7.46. The Labute approximate surface area is 129 Å². The molecule has 0 aliphatic carbocycles. The third kappa shape index (κ3) is 3.73. The number of nitrogens with zero attached hydrogens (tertiary/aromatic N) is 1. The van der Waals surface area contributed by atoms with E-state index in [1.165, 1.54) is 6.07 Å². The van der Waals surface area contributed by atoms with Crippen molar-refractivity contribution < 1.29 is 9.18 Å². The van der Waals surface area contributed by atoms with Gasteiger partial charge in [-0.25, -0.2) is 4.39 Å². The van der Waals surface area contributed by atoms with Crippen molar-refractivity contribution in [1.29, 1.82) is 0 Å². The van der Waals surface area contributed by atoms with E-state index in [4.69, 9.17) is 17.3 Å². The van der Waals surface area contributed by atoms with Crippen LogP contribution in [0, 0.1) is 11.7 Å². The summed E-state index contributed by atoms with van der Waals surface area (Å²) in [6, 6.07) is 4.46. The van der Waals surface area contributed by atoms with Crippen molar-refractivity contribution in [3.8, 4) is 0 Å². The number of carbonyl (C=O) groups is 1. The Hall–Kier alpha value is -1.17. The van der Waals surface area contributed by atoms with Crippen LogP contribution >= 0.6 is 11.6 Å². The molecule has 1 heterocycles. The van der Waals surface area contributed by atoms with Crippen molar-refractivity contribution >= 4 is 17.5 Å². The molecule has 1 aromatic rings. The number of halogens is 2. The third-order valence-corrected chi connectivity index (χ3v) is 4.32. The maximum atomic E-state index is 13.7. The van der Waals surface area contributed by atoms with E-state index in [-0.39, 0.29) is 22.9 Å². The summed E-state index contributed by atoms with van der Waals surface area (Å²) in [4.78, 5) is 13.8. The lowest BCUT2D eigenvalue weighted by atomic mass is 9.93. The number of nitrogens with one attached hydrogen (secondary N) is 1. The summed E-state index contributed by atoms with van der Waals surface area (Å²) < 4.78 is 13.7. The van der Waals surface area contributed by atoms with Crippen LogP contribution < -0.4 is 11.1 Å². The van der Waals surface area contributed by atoms with E-state index in [2.05, 4.69) is 10.2 Å². The van der Waals surface area contributed by atoms with Gasteiger partial charge in [0.2, 0.25) is 5.91 Å². The fourth-order valence-electron chi connectivity index (χ4n) is 2.86. The molecule has 116 valence electrons. The van der Waals surface area contributed by atoms with Crippen LogP contribution in [0.3, 0.4) is 0 Å². The number of benzene rings is 1. The Bertz CT molecular complexity index is 524. The maximum Gasteiger partial charge on any atom is 0.236 e. The van der Waals surface area contributed by atoms with Gasteiger partial charge < -0.3 is 11.1 Å². The smallest absolute Gasteiger partial charge is 0.236 e. The van der Waals surface area contributed by atoms with Gasteiger partial charge in [0.1, 0.15) is 5.82 Å². The molecule has 0 saturated carbocycles. The molecule has 1 aliphatic rings. The molecule has 0 radical (unpaired) electrons. The second-order valence-corrected chi connectivity index (χ2v) is 6.09. The van der Waals surface area contributed by atoms with E-state index >= 15 is 0 Å². The van der Waals surface area contributed by atoms with Crippen LogP contribution in [-0.4, -0.2) is 37.0 Å². The molecule has 0 spiro atoms. The molecule has 6 heteroatoms. The zero-order valence-corrected chi connectivity index (χ0v) is 13.0. The molecular weight excluding hydrogens is 293 g/mol. The van der Waals surface area contributed by atoms with E-state index < -0.39 is 11.9 Å². The first kappa shape index (κ1) is 16.2. The molecular formula is C15H21ClFN3O. The van der Waals surface area contributed by atoms with Crippen LogP contribution in [-0.2, 0) is 4.79 Å². The second kappa shape index (κ2) is 6.73. The number of carbonyl (C=O) groups excluding carboxylic acids is 1. The number of amides is 1. The summed E-state index contributed by atoms with van der Waals surface area (Å²) in [6.45, 7) is 3.11. The normalized spacial score (nSPS) is 24.0. The average Bonchev–Trinajstić information content (AvgIpc) is 2.80. The van der Waals surface area contributed by atoms with Crippen LogP contribution in [0.4, 0.5) is 4.39 Å². The van der Waals surface area contributed by atoms with Gasteiger partial charge in [0, 0.05) is 12.6 Å². The number of hydrogen-bond donors (Lipinski definition) is 2. The van der Waals surface area contributed by atoms with Crippen LogP contribution in [0.2, 0.25) is 5.02 Å². The number of likely N-dealkylation sites (tertiary alicyclic amines) is 1. The molecule has 3 unspecified atom stereocenters. The van der Waals surface area contributed by atoms with Crippen LogP contribution in [0.5, 0.6) is 0 Å². The summed E-state index contributed by atoms with van der Waals surface area (Å²) in [5.74, 6) is -0.336. The van der Waals surface area contributed by atoms with E-state index in [9.17, 15) is 9.18 Å². The molecule has 1 fully saturated rings. The average molecular weight is 314 g/mol. The predicted octanol–water partition coefficient (Wildman–Crippen LogP) is 1.94. The molecule has 21 heavy (non-hydrogen) atoms. The Morgan fingerprint density at radius 3 is 2.95 bits per heavy atom. The molecule has 3 N–H and O–H groups in total. The topological polar surface area (TPSA) is 58.4 Å². The first-order chi connectivity index (χ1) is 9.90.